The molecule has 1 aliphatic heterocycles. The number of ether oxygens (including phenoxy) is 1. The van der Waals surface area contributed by atoms with Crippen LogP contribution in [0.2, 0.25) is 0 Å². The predicted molar refractivity (Wildman–Crippen MR) is 107 cm³/mol. The molecule has 146 valence electrons. The molecule has 1 amide bonds. The Morgan fingerprint density at radius 3 is 2.73 bits per heavy atom. The second kappa shape index (κ2) is 10.5. The van der Waals surface area contributed by atoms with Crippen molar-refractivity contribution in [3.8, 4) is 5.75 Å². The first kappa shape index (κ1) is 20.7. The summed E-state index contributed by atoms with van der Waals surface area (Å²) in [5, 5.41) is 0. The number of rotatable bonds is 9. The molecule has 1 aliphatic rings. The molecule has 26 heavy (non-hydrogen) atoms. The van der Waals surface area contributed by atoms with Crippen molar-refractivity contribution >= 4 is 5.91 Å². The lowest BCUT2D eigenvalue weighted by atomic mass is 10.0. The van der Waals surface area contributed by atoms with Gasteiger partial charge in [0.25, 0.3) is 0 Å². The Morgan fingerprint density at radius 2 is 2.00 bits per heavy atom. The standard InChI is InChI=1S/C21H35N3O2/c1-22(2)14-8-15-23(3)19-10-7-16-24(17-19)21(25)13-12-18-9-5-6-11-20(18)26-4/h5-6,9,11,19H,7-8,10,12-17H2,1-4H3. The summed E-state index contributed by atoms with van der Waals surface area (Å²) in [5.74, 6) is 1.14. The number of carbonyl (C=O) groups excluding carboxylic acids is 1. The summed E-state index contributed by atoms with van der Waals surface area (Å²) < 4.78 is 5.39. The van der Waals surface area contributed by atoms with E-state index < -0.39 is 0 Å². The zero-order valence-electron chi connectivity index (χ0n) is 16.9. The Labute approximate surface area is 158 Å². The second-order valence-electron chi connectivity index (χ2n) is 7.59. The molecule has 2 rings (SSSR count). The van der Waals surface area contributed by atoms with E-state index in [4.69, 9.17) is 4.74 Å². The van der Waals surface area contributed by atoms with Crippen molar-refractivity contribution in [2.45, 2.75) is 38.1 Å². The molecule has 1 fully saturated rings. The molecule has 1 aromatic rings. The van der Waals surface area contributed by atoms with Crippen molar-refractivity contribution in [1.82, 2.24) is 14.7 Å². The minimum Gasteiger partial charge on any atom is -0.496 e. The highest BCUT2D eigenvalue weighted by atomic mass is 16.5. The predicted octanol–water partition coefficient (Wildman–Crippen LogP) is 2.50. The largest absolute Gasteiger partial charge is 0.496 e. The van der Waals surface area contributed by atoms with E-state index >= 15 is 0 Å². The fourth-order valence-corrected chi connectivity index (χ4v) is 3.67. The van der Waals surface area contributed by atoms with Gasteiger partial charge in [-0.15, -0.1) is 0 Å². The minimum atomic E-state index is 0.266. The number of amides is 1. The summed E-state index contributed by atoms with van der Waals surface area (Å²) in [6.45, 7) is 3.96. The summed E-state index contributed by atoms with van der Waals surface area (Å²) >= 11 is 0. The first-order valence-corrected chi connectivity index (χ1v) is 9.76. The molecule has 1 aromatic carbocycles. The van der Waals surface area contributed by atoms with Gasteiger partial charge in [-0.3, -0.25) is 4.79 Å². The molecule has 0 spiro atoms. The fourth-order valence-electron chi connectivity index (χ4n) is 3.67. The number of para-hydroxylation sites is 1. The van der Waals surface area contributed by atoms with Gasteiger partial charge in [0, 0.05) is 25.6 Å². The van der Waals surface area contributed by atoms with E-state index in [1.165, 1.54) is 12.8 Å². The zero-order valence-corrected chi connectivity index (χ0v) is 16.9. The number of carbonyl (C=O) groups is 1. The highest BCUT2D eigenvalue weighted by molar-refractivity contribution is 5.76. The van der Waals surface area contributed by atoms with E-state index in [2.05, 4.69) is 35.8 Å². The number of nitrogens with zero attached hydrogens (tertiary/aromatic N) is 3. The van der Waals surface area contributed by atoms with Crippen molar-refractivity contribution in [3.63, 3.8) is 0 Å². The van der Waals surface area contributed by atoms with Crippen LogP contribution in [0.25, 0.3) is 0 Å². The van der Waals surface area contributed by atoms with Crippen LogP contribution < -0.4 is 4.74 Å². The highest BCUT2D eigenvalue weighted by Gasteiger charge is 2.25. The summed E-state index contributed by atoms with van der Waals surface area (Å²) in [6.07, 6.45) is 4.75. The summed E-state index contributed by atoms with van der Waals surface area (Å²) in [5.41, 5.74) is 1.11. The normalized spacial score (nSPS) is 17.8. The third kappa shape index (κ3) is 6.29. The van der Waals surface area contributed by atoms with Crippen molar-refractivity contribution in [2.24, 2.45) is 0 Å². The van der Waals surface area contributed by atoms with Crippen LogP contribution in [0.4, 0.5) is 0 Å². The van der Waals surface area contributed by atoms with Gasteiger partial charge in [0.05, 0.1) is 7.11 Å². The molecule has 5 nitrogen and oxygen atoms in total. The Hall–Kier alpha value is -1.59. The van der Waals surface area contributed by atoms with Crippen molar-refractivity contribution < 1.29 is 9.53 Å². The molecule has 5 heteroatoms. The van der Waals surface area contributed by atoms with E-state index in [9.17, 15) is 4.79 Å². The van der Waals surface area contributed by atoms with Crippen LogP contribution in [-0.2, 0) is 11.2 Å². The summed E-state index contributed by atoms with van der Waals surface area (Å²) in [4.78, 5) is 19.4. The van der Waals surface area contributed by atoms with Gasteiger partial charge in [0.15, 0.2) is 0 Å². The third-order valence-corrected chi connectivity index (χ3v) is 5.29. The van der Waals surface area contributed by atoms with Crippen molar-refractivity contribution in [1.29, 1.82) is 0 Å². The number of aryl methyl sites for hydroxylation is 1. The van der Waals surface area contributed by atoms with Gasteiger partial charge in [-0.1, -0.05) is 18.2 Å². The molecule has 0 N–H and O–H groups in total. The zero-order chi connectivity index (χ0) is 18.9. The number of likely N-dealkylation sites (N-methyl/N-ethyl adjacent to an activating group) is 1. The number of likely N-dealkylation sites (tertiary alicyclic amines) is 1. The van der Waals surface area contributed by atoms with Gasteiger partial charge in [-0.25, -0.2) is 0 Å². The maximum atomic E-state index is 12.7. The maximum Gasteiger partial charge on any atom is 0.222 e. The van der Waals surface area contributed by atoms with Crippen molar-refractivity contribution in [2.75, 3.05) is 54.4 Å². The molecular weight excluding hydrogens is 326 g/mol. The molecule has 0 radical (unpaired) electrons. The van der Waals surface area contributed by atoms with Gasteiger partial charge in [0.1, 0.15) is 5.75 Å². The summed E-state index contributed by atoms with van der Waals surface area (Å²) in [6, 6.07) is 8.46. The van der Waals surface area contributed by atoms with E-state index in [0.717, 1.165) is 50.3 Å². The summed E-state index contributed by atoms with van der Waals surface area (Å²) in [7, 11) is 8.11. The van der Waals surface area contributed by atoms with Crippen LogP contribution in [0.3, 0.4) is 0 Å². The van der Waals surface area contributed by atoms with Crippen LogP contribution in [0.1, 0.15) is 31.2 Å². The van der Waals surface area contributed by atoms with Crippen LogP contribution in [0, 0.1) is 0 Å². The molecule has 0 aromatic heterocycles. The Morgan fingerprint density at radius 1 is 1.23 bits per heavy atom. The van der Waals surface area contributed by atoms with Crippen molar-refractivity contribution in [3.05, 3.63) is 29.8 Å². The van der Waals surface area contributed by atoms with Crippen LogP contribution in [0.5, 0.6) is 5.75 Å². The molecule has 0 aliphatic carbocycles. The Bertz CT molecular complexity index is 562. The van der Waals surface area contributed by atoms with Crippen LogP contribution in [-0.4, -0.2) is 81.1 Å². The minimum absolute atomic E-state index is 0.266. The van der Waals surface area contributed by atoms with E-state index in [0.29, 0.717) is 12.5 Å². The average molecular weight is 362 g/mol. The van der Waals surface area contributed by atoms with Gasteiger partial charge in [-0.2, -0.15) is 0 Å². The SMILES string of the molecule is COc1ccccc1CCC(=O)N1CCCC(N(C)CCCN(C)C)C1. The monoisotopic (exact) mass is 361 g/mol. The molecular formula is C21H35N3O2. The fraction of sp³-hybridized carbons (Fsp3) is 0.667. The van der Waals surface area contributed by atoms with E-state index in [1.807, 2.05) is 24.3 Å². The highest BCUT2D eigenvalue weighted by Crippen LogP contribution is 2.21. The lowest BCUT2D eigenvalue weighted by Gasteiger charge is -2.38. The van der Waals surface area contributed by atoms with Crippen LogP contribution in [0.15, 0.2) is 24.3 Å². The lowest BCUT2D eigenvalue weighted by Crippen LogP contribution is -2.49. The second-order valence-corrected chi connectivity index (χ2v) is 7.59. The number of hydrogen-bond acceptors (Lipinski definition) is 4. The molecule has 1 heterocycles. The quantitative estimate of drug-likeness (QED) is 0.677. The number of piperidine rings is 1. The topological polar surface area (TPSA) is 36.0 Å². The third-order valence-electron chi connectivity index (χ3n) is 5.29. The lowest BCUT2D eigenvalue weighted by molar-refractivity contribution is -0.133. The molecule has 1 saturated heterocycles. The first-order chi connectivity index (χ1) is 12.5. The smallest absolute Gasteiger partial charge is 0.222 e. The Kier molecular flexibility index (Phi) is 8.39. The van der Waals surface area contributed by atoms with Gasteiger partial charge < -0.3 is 19.4 Å². The number of benzene rings is 1. The Balaban J connectivity index is 1.81. The van der Waals surface area contributed by atoms with Crippen LogP contribution >= 0.6 is 0 Å². The van der Waals surface area contributed by atoms with Gasteiger partial charge >= 0.3 is 0 Å². The van der Waals surface area contributed by atoms with E-state index in [1.54, 1.807) is 7.11 Å². The van der Waals surface area contributed by atoms with E-state index in [-0.39, 0.29) is 5.91 Å². The average Bonchev–Trinajstić information content (AvgIpc) is 2.66. The first-order valence-electron chi connectivity index (χ1n) is 9.76. The molecule has 0 bridgehead atoms. The molecule has 1 atom stereocenters. The molecule has 1 unspecified atom stereocenters. The van der Waals surface area contributed by atoms with Gasteiger partial charge in [0.2, 0.25) is 5.91 Å². The van der Waals surface area contributed by atoms with Gasteiger partial charge in [-0.05, 0) is 71.5 Å². The maximum absolute atomic E-state index is 12.7. The number of methoxy groups -OCH3 is 1. The molecule has 0 saturated carbocycles. The number of hydrogen-bond donors (Lipinski definition) is 0.